The van der Waals surface area contributed by atoms with Crippen LogP contribution in [0.25, 0.3) is 0 Å². The Morgan fingerprint density at radius 3 is 2.46 bits per heavy atom. The molecule has 2 rings (SSSR count). The van der Waals surface area contributed by atoms with Crippen LogP contribution in [0.4, 0.5) is 0 Å². The molecule has 0 saturated heterocycles. The lowest BCUT2D eigenvalue weighted by molar-refractivity contribution is -0.113. The van der Waals surface area contributed by atoms with Crippen molar-refractivity contribution in [2.45, 2.75) is 20.1 Å². The molecule has 2 aromatic rings. The molecule has 0 aliphatic heterocycles. The van der Waals surface area contributed by atoms with E-state index < -0.39 is 5.91 Å². The minimum Gasteiger partial charge on any atom is -0.489 e. The Balaban J connectivity index is 1.87. The average Bonchev–Trinajstić information content (AvgIpc) is 2.65. The van der Waals surface area contributed by atoms with Crippen LogP contribution < -0.4 is 10.1 Å². The van der Waals surface area contributed by atoms with E-state index in [1.165, 1.54) is 7.11 Å². The molecule has 136 valence electrons. The van der Waals surface area contributed by atoms with Gasteiger partial charge in [0.25, 0.3) is 5.91 Å². The molecule has 0 saturated carbocycles. The monoisotopic (exact) mass is 355 g/mol. The zero-order valence-corrected chi connectivity index (χ0v) is 14.7. The molecule has 0 unspecified atom stereocenters. The highest BCUT2D eigenvalue weighted by Crippen LogP contribution is 2.19. The van der Waals surface area contributed by atoms with Crippen LogP contribution in [0.3, 0.4) is 0 Å². The number of nitrogens with one attached hydrogen (secondary N) is 1. The van der Waals surface area contributed by atoms with Gasteiger partial charge in [-0.3, -0.25) is 4.79 Å². The van der Waals surface area contributed by atoms with Gasteiger partial charge < -0.3 is 19.7 Å². The van der Waals surface area contributed by atoms with Crippen molar-refractivity contribution >= 4 is 18.5 Å². The van der Waals surface area contributed by atoms with Gasteiger partial charge in [-0.2, -0.15) is 0 Å². The van der Waals surface area contributed by atoms with Crippen LogP contribution in [-0.2, 0) is 27.7 Å². The third kappa shape index (κ3) is 6.27. The van der Waals surface area contributed by atoms with Gasteiger partial charge in [-0.05, 0) is 29.7 Å². The van der Waals surface area contributed by atoms with Crippen LogP contribution in [0, 0.1) is 6.92 Å². The van der Waals surface area contributed by atoms with E-state index in [0.717, 1.165) is 35.0 Å². The van der Waals surface area contributed by atoms with Gasteiger partial charge in [-0.1, -0.05) is 52.8 Å². The number of nitrogens with zero attached hydrogens (tertiary/aromatic N) is 2. The second kappa shape index (κ2) is 10.5. The summed E-state index contributed by atoms with van der Waals surface area (Å²) in [5.41, 5.74) is 3.00. The summed E-state index contributed by atoms with van der Waals surface area (Å²) in [7, 11) is 1.38. The highest BCUT2D eigenvalue weighted by Gasteiger charge is 2.05. The van der Waals surface area contributed by atoms with Crippen molar-refractivity contribution in [2.24, 2.45) is 10.3 Å². The normalized spacial score (nSPS) is 10.8. The number of oxime groups is 2. The molecule has 1 amide bonds. The number of hydrogen-bond acceptors (Lipinski definition) is 6. The topological polar surface area (TPSA) is 81.5 Å². The number of hydrogen-bond donors (Lipinski definition) is 1. The summed E-state index contributed by atoms with van der Waals surface area (Å²) in [6.45, 7) is 2.65. The number of aryl methyl sites for hydroxylation is 1. The summed E-state index contributed by atoms with van der Waals surface area (Å²) in [5, 5.41) is 9.35. The van der Waals surface area contributed by atoms with Gasteiger partial charge in [0.1, 0.15) is 38.6 Å². The molecule has 7 nitrogen and oxygen atoms in total. The molecule has 0 aliphatic carbocycles. The highest BCUT2D eigenvalue weighted by atomic mass is 16.6. The van der Waals surface area contributed by atoms with Gasteiger partial charge in [0.05, 0.1) is 0 Å². The summed E-state index contributed by atoms with van der Waals surface area (Å²) in [4.78, 5) is 21.0. The van der Waals surface area contributed by atoms with E-state index in [-0.39, 0.29) is 6.61 Å². The first-order chi connectivity index (χ1) is 12.7. The first kappa shape index (κ1) is 19.0. The number of ether oxygens (including phenoxy) is 1. The Morgan fingerprint density at radius 2 is 1.73 bits per heavy atom. The molecular weight excluding hydrogens is 334 g/mol. The van der Waals surface area contributed by atoms with Gasteiger partial charge in [0, 0.05) is 0 Å². The molecule has 0 aliphatic rings. The summed E-state index contributed by atoms with van der Waals surface area (Å²) < 4.78 is 5.88. The molecule has 0 spiro atoms. The van der Waals surface area contributed by atoms with Crippen LogP contribution in [0.1, 0.15) is 16.7 Å². The number of para-hydroxylation sites is 1. The van der Waals surface area contributed by atoms with Crippen LogP contribution >= 0.6 is 0 Å². The Bertz CT molecular complexity index is 775. The number of carbonyl (C=O) groups excluding carboxylic acids is 1. The summed E-state index contributed by atoms with van der Waals surface area (Å²) in [5.74, 6) is 0.373. The fourth-order valence-electron chi connectivity index (χ4n) is 2.08. The molecule has 26 heavy (non-hydrogen) atoms. The number of benzene rings is 2. The fraction of sp³-hybridized carbons (Fsp3) is 0.211. The lowest BCUT2D eigenvalue weighted by Gasteiger charge is -2.12. The number of carbonyl (C=O) groups is 1. The maximum absolute atomic E-state index is 11.4. The zero-order chi connectivity index (χ0) is 18.6. The lowest BCUT2D eigenvalue weighted by atomic mass is 10.1. The summed E-state index contributed by atoms with van der Waals surface area (Å²) in [6.07, 6.45) is 2.14. The quantitative estimate of drug-likeness (QED) is 0.426. The Hall–Kier alpha value is -3.35. The van der Waals surface area contributed by atoms with E-state index in [9.17, 15) is 4.79 Å². The zero-order valence-electron chi connectivity index (χ0n) is 14.7. The average molecular weight is 355 g/mol. The van der Waals surface area contributed by atoms with Gasteiger partial charge in [0.15, 0.2) is 0 Å². The molecule has 2 aromatic carbocycles. The van der Waals surface area contributed by atoms with Gasteiger partial charge in [0.2, 0.25) is 0 Å². The van der Waals surface area contributed by atoms with Crippen LogP contribution in [0.15, 0.2) is 58.8 Å². The van der Waals surface area contributed by atoms with Crippen molar-refractivity contribution in [3.63, 3.8) is 0 Å². The van der Waals surface area contributed by atoms with E-state index in [1.807, 2.05) is 55.5 Å². The van der Waals surface area contributed by atoms with Crippen molar-refractivity contribution in [1.29, 1.82) is 0 Å². The Labute approximate surface area is 152 Å². The van der Waals surface area contributed by atoms with Crippen molar-refractivity contribution in [2.75, 3.05) is 7.11 Å². The SMILES string of the molecule is CON=CNC(=O)C=NOCc1ccccc1COc1ccccc1C. The standard InChI is InChI=1S/C19H21N3O4/c1-15-7-3-6-10-18(15)25-12-16-8-4-5-9-17(16)13-26-21-11-19(23)20-14-22-24-2/h3-11,14H,12-13H2,1-2H3,(H,20,22,23). The van der Waals surface area contributed by atoms with Gasteiger partial charge in [-0.25, -0.2) is 0 Å². The molecule has 0 radical (unpaired) electrons. The minimum atomic E-state index is -0.470. The maximum Gasteiger partial charge on any atom is 0.270 e. The molecule has 0 heterocycles. The molecule has 0 atom stereocenters. The third-order valence-electron chi connectivity index (χ3n) is 3.42. The van der Waals surface area contributed by atoms with Crippen molar-refractivity contribution in [1.82, 2.24) is 5.32 Å². The Kier molecular flexibility index (Phi) is 7.67. The summed E-state index contributed by atoms with van der Waals surface area (Å²) in [6, 6.07) is 15.6. The maximum atomic E-state index is 11.4. The molecule has 7 heteroatoms. The minimum absolute atomic E-state index is 0.225. The van der Waals surface area contributed by atoms with Gasteiger partial charge >= 0.3 is 0 Å². The van der Waals surface area contributed by atoms with Crippen LogP contribution in [0.2, 0.25) is 0 Å². The largest absolute Gasteiger partial charge is 0.489 e. The van der Waals surface area contributed by atoms with E-state index in [4.69, 9.17) is 9.57 Å². The molecular formula is C19H21N3O4. The van der Waals surface area contributed by atoms with Crippen LogP contribution in [0.5, 0.6) is 5.75 Å². The second-order valence-corrected chi connectivity index (χ2v) is 5.26. The predicted octanol–water partition coefficient (Wildman–Crippen LogP) is 2.78. The molecule has 0 aromatic heterocycles. The Morgan fingerprint density at radius 1 is 1.04 bits per heavy atom. The number of amides is 1. The second-order valence-electron chi connectivity index (χ2n) is 5.26. The molecule has 1 N–H and O–H groups in total. The van der Waals surface area contributed by atoms with E-state index >= 15 is 0 Å². The molecule has 0 bridgehead atoms. The van der Waals surface area contributed by atoms with Crippen molar-refractivity contribution in [3.05, 3.63) is 65.2 Å². The molecule has 0 fully saturated rings. The summed E-state index contributed by atoms with van der Waals surface area (Å²) >= 11 is 0. The van der Waals surface area contributed by atoms with Crippen molar-refractivity contribution < 1.29 is 19.2 Å². The first-order valence-corrected chi connectivity index (χ1v) is 7.96. The lowest BCUT2D eigenvalue weighted by Crippen LogP contribution is -2.22. The third-order valence-corrected chi connectivity index (χ3v) is 3.42. The van der Waals surface area contributed by atoms with Gasteiger partial charge in [-0.15, -0.1) is 0 Å². The van der Waals surface area contributed by atoms with Crippen LogP contribution in [-0.4, -0.2) is 25.6 Å². The van der Waals surface area contributed by atoms with E-state index in [2.05, 4.69) is 20.5 Å². The predicted molar refractivity (Wildman–Crippen MR) is 98.9 cm³/mol. The van der Waals surface area contributed by atoms with E-state index in [0.29, 0.717) is 6.61 Å². The number of rotatable bonds is 9. The first-order valence-electron chi connectivity index (χ1n) is 7.96. The smallest absolute Gasteiger partial charge is 0.270 e. The van der Waals surface area contributed by atoms with E-state index in [1.54, 1.807) is 0 Å². The fourth-order valence-corrected chi connectivity index (χ4v) is 2.08. The van der Waals surface area contributed by atoms with Crippen molar-refractivity contribution in [3.8, 4) is 5.75 Å². The highest BCUT2D eigenvalue weighted by molar-refractivity contribution is 6.28.